The minimum Gasteiger partial charge on any atom is -0.490 e. The number of hydrogen-bond donors (Lipinski definition) is 2. The number of ether oxygens (including phenoxy) is 1. The highest BCUT2D eigenvalue weighted by Crippen LogP contribution is 2.30. The first kappa shape index (κ1) is 14.8. The van der Waals surface area contributed by atoms with E-state index in [-0.39, 0.29) is 17.5 Å². The zero-order chi connectivity index (χ0) is 14.6. The first-order chi connectivity index (χ1) is 9.55. The van der Waals surface area contributed by atoms with Gasteiger partial charge in [-0.1, -0.05) is 6.92 Å². The molecule has 1 fully saturated rings. The molecule has 20 heavy (non-hydrogen) atoms. The van der Waals surface area contributed by atoms with Gasteiger partial charge in [-0.25, -0.2) is 18.4 Å². The van der Waals surface area contributed by atoms with Gasteiger partial charge in [0.25, 0.3) is 0 Å². The van der Waals surface area contributed by atoms with Crippen LogP contribution in [0.3, 0.4) is 0 Å². The van der Waals surface area contributed by atoms with E-state index in [4.69, 9.17) is 4.74 Å². The quantitative estimate of drug-likeness (QED) is 0.806. The molecule has 0 amide bonds. The summed E-state index contributed by atoms with van der Waals surface area (Å²) in [5.74, 6) is 2.03. The van der Waals surface area contributed by atoms with E-state index < -0.39 is 9.84 Å². The Balaban J connectivity index is 2.15. The van der Waals surface area contributed by atoms with E-state index in [2.05, 4.69) is 27.5 Å². The third-order valence-corrected chi connectivity index (χ3v) is 4.89. The van der Waals surface area contributed by atoms with Crippen LogP contribution >= 0.6 is 0 Å². The van der Waals surface area contributed by atoms with Crippen molar-refractivity contribution in [2.24, 2.45) is 0 Å². The van der Waals surface area contributed by atoms with Gasteiger partial charge in [-0.3, -0.25) is 0 Å². The molecule has 1 saturated heterocycles. The predicted molar refractivity (Wildman–Crippen MR) is 78.0 cm³/mol. The van der Waals surface area contributed by atoms with Crippen LogP contribution in [0.1, 0.15) is 19.8 Å². The van der Waals surface area contributed by atoms with Crippen LogP contribution in [0.5, 0.6) is 5.75 Å². The number of hydrogen-bond acceptors (Lipinski definition) is 7. The standard InChI is InChI=1S/C12H20N4O3S/c1-3-5-13-11-10(19-2)12(15-8-14-11)16-9-4-6-20(17,18)7-9/h8-9H,3-7H2,1-2H3,(H2,13,14,15,16). The third-order valence-electron chi connectivity index (χ3n) is 3.12. The predicted octanol–water partition coefficient (Wildman–Crippen LogP) is 0.906. The van der Waals surface area contributed by atoms with Gasteiger partial charge in [0.15, 0.2) is 21.5 Å². The molecule has 0 saturated carbocycles. The summed E-state index contributed by atoms with van der Waals surface area (Å²) in [5, 5.41) is 6.30. The average molecular weight is 300 g/mol. The molecule has 2 rings (SSSR count). The summed E-state index contributed by atoms with van der Waals surface area (Å²) in [6.07, 6.45) is 3.00. The number of sulfone groups is 1. The maximum Gasteiger partial charge on any atom is 0.204 e. The van der Waals surface area contributed by atoms with Gasteiger partial charge in [0.05, 0.1) is 18.6 Å². The summed E-state index contributed by atoms with van der Waals surface area (Å²) in [4.78, 5) is 8.29. The number of anilines is 2. The van der Waals surface area contributed by atoms with Crippen molar-refractivity contribution in [1.82, 2.24) is 9.97 Å². The van der Waals surface area contributed by atoms with Crippen molar-refractivity contribution in [3.63, 3.8) is 0 Å². The fourth-order valence-corrected chi connectivity index (χ4v) is 3.81. The van der Waals surface area contributed by atoms with Crippen molar-refractivity contribution in [3.05, 3.63) is 6.33 Å². The van der Waals surface area contributed by atoms with E-state index in [1.807, 2.05) is 0 Å². The lowest BCUT2D eigenvalue weighted by atomic mass is 10.2. The maximum atomic E-state index is 11.5. The molecule has 8 heteroatoms. The molecule has 1 aliphatic heterocycles. The molecule has 1 unspecified atom stereocenters. The molecule has 0 radical (unpaired) electrons. The monoisotopic (exact) mass is 300 g/mol. The van der Waals surface area contributed by atoms with Crippen molar-refractivity contribution in [2.75, 3.05) is 35.8 Å². The Bertz CT molecular complexity index is 562. The van der Waals surface area contributed by atoms with Gasteiger partial charge < -0.3 is 15.4 Å². The van der Waals surface area contributed by atoms with E-state index in [0.717, 1.165) is 13.0 Å². The minimum atomic E-state index is -2.92. The second-order valence-corrected chi connectivity index (χ2v) is 7.00. The van der Waals surface area contributed by atoms with Gasteiger partial charge in [-0.05, 0) is 12.8 Å². The highest BCUT2D eigenvalue weighted by atomic mass is 32.2. The van der Waals surface area contributed by atoms with Crippen molar-refractivity contribution in [3.8, 4) is 5.75 Å². The number of rotatable bonds is 6. The highest BCUT2D eigenvalue weighted by molar-refractivity contribution is 7.91. The van der Waals surface area contributed by atoms with Gasteiger partial charge in [0, 0.05) is 12.6 Å². The summed E-state index contributed by atoms with van der Waals surface area (Å²) in [7, 11) is -1.37. The average Bonchev–Trinajstić information content (AvgIpc) is 2.75. The maximum absolute atomic E-state index is 11.5. The molecule has 2 N–H and O–H groups in total. The van der Waals surface area contributed by atoms with Crippen molar-refractivity contribution >= 4 is 21.5 Å². The Morgan fingerprint density at radius 1 is 1.40 bits per heavy atom. The van der Waals surface area contributed by atoms with Crippen LogP contribution in [-0.4, -0.2) is 49.6 Å². The Morgan fingerprint density at radius 3 is 2.75 bits per heavy atom. The lowest BCUT2D eigenvalue weighted by molar-refractivity contribution is 0.414. The Labute approximate surface area is 119 Å². The van der Waals surface area contributed by atoms with Crippen molar-refractivity contribution < 1.29 is 13.2 Å². The molecule has 7 nitrogen and oxygen atoms in total. The van der Waals surface area contributed by atoms with E-state index >= 15 is 0 Å². The molecule has 2 heterocycles. The van der Waals surface area contributed by atoms with Crippen LogP contribution in [0.25, 0.3) is 0 Å². The number of nitrogens with zero attached hydrogens (tertiary/aromatic N) is 2. The SMILES string of the molecule is CCCNc1ncnc(NC2CCS(=O)(=O)C2)c1OC. The molecule has 0 spiro atoms. The lowest BCUT2D eigenvalue weighted by Crippen LogP contribution is -2.22. The first-order valence-corrected chi connectivity index (χ1v) is 8.47. The van der Waals surface area contributed by atoms with Crippen LogP contribution in [0.4, 0.5) is 11.6 Å². The first-order valence-electron chi connectivity index (χ1n) is 6.65. The van der Waals surface area contributed by atoms with Gasteiger partial charge >= 0.3 is 0 Å². The Hall–Kier alpha value is -1.57. The molecule has 0 bridgehead atoms. The molecule has 1 atom stereocenters. The molecule has 1 aromatic heterocycles. The van der Waals surface area contributed by atoms with Crippen LogP contribution in [-0.2, 0) is 9.84 Å². The number of methoxy groups -OCH3 is 1. The van der Waals surface area contributed by atoms with E-state index in [9.17, 15) is 8.42 Å². The summed E-state index contributed by atoms with van der Waals surface area (Å²) in [5.41, 5.74) is 0. The summed E-state index contributed by atoms with van der Waals surface area (Å²) in [6, 6.07) is -0.122. The van der Waals surface area contributed by atoms with Crippen LogP contribution in [0.2, 0.25) is 0 Å². The van der Waals surface area contributed by atoms with Gasteiger partial charge in [-0.15, -0.1) is 0 Å². The number of nitrogens with one attached hydrogen (secondary N) is 2. The lowest BCUT2D eigenvalue weighted by Gasteiger charge is -2.16. The van der Waals surface area contributed by atoms with E-state index in [0.29, 0.717) is 23.8 Å². The molecular weight excluding hydrogens is 280 g/mol. The van der Waals surface area contributed by atoms with Crippen LogP contribution in [0.15, 0.2) is 6.33 Å². The second-order valence-electron chi connectivity index (χ2n) is 4.78. The summed E-state index contributed by atoms with van der Waals surface area (Å²) >= 11 is 0. The minimum absolute atomic E-state index is 0.122. The van der Waals surface area contributed by atoms with Crippen molar-refractivity contribution in [2.45, 2.75) is 25.8 Å². The summed E-state index contributed by atoms with van der Waals surface area (Å²) < 4.78 is 28.3. The largest absolute Gasteiger partial charge is 0.490 e. The molecular formula is C12H20N4O3S. The van der Waals surface area contributed by atoms with Crippen LogP contribution in [0, 0.1) is 0 Å². The second kappa shape index (κ2) is 6.25. The van der Waals surface area contributed by atoms with E-state index in [1.54, 1.807) is 7.11 Å². The molecule has 1 aromatic rings. The van der Waals surface area contributed by atoms with Crippen molar-refractivity contribution in [1.29, 1.82) is 0 Å². The van der Waals surface area contributed by atoms with Gasteiger partial charge in [0.2, 0.25) is 5.75 Å². The summed E-state index contributed by atoms with van der Waals surface area (Å²) in [6.45, 7) is 2.84. The Kier molecular flexibility index (Phi) is 4.64. The van der Waals surface area contributed by atoms with Gasteiger partial charge in [-0.2, -0.15) is 0 Å². The smallest absolute Gasteiger partial charge is 0.204 e. The van der Waals surface area contributed by atoms with Gasteiger partial charge in [0.1, 0.15) is 6.33 Å². The third kappa shape index (κ3) is 3.50. The highest BCUT2D eigenvalue weighted by Gasteiger charge is 2.29. The molecule has 0 aliphatic carbocycles. The normalized spacial score (nSPS) is 20.6. The fraction of sp³-hybridized carbons (Fsp3) is 0.667. The Morgan fingerprint density at radius 2 is 2.15 bits per heavy atom. The van der Waals surface area contributed by atoms with Crippen LogP contribution < -0.4 is 15.4 Å². The number of aromatic nitrogens is 2. The topological polar surface area (TPSA) is 93.2 Å². The molecule has 112 valence electrons. The zero-order valence-electron chi connectivity index (χ0n) is 11.7. The molecule has 0 aromatic carbocycles. The van der Waals surface area contributed by atoms with E-state index in [1.165, 1.54) is 6.33 Å². The zero-order valence-corrected chi connectivity index (χ0v) is 12.5. The molecule has 1 aliphatic rings. The fourth-order valence-electron chi connectivity index (χ4n) is 2.14.